The van der Waals surface area contributed by atoms with E-state index in [-0.39, 0.29) is 17.4 Å². The lowest BCUT2D eigenvalue weighted by atomic mass is 9.84. The Balaban J connectivity index is 2.13. The average Bonchev–Trinajstić information content (AvgIpc) is 2.53. The van der Waals surface area contributed by atoms with Crippen LogP contribution in [0.3, 0.4) is 0 Å². The van der Waals surface area contributed by atoms with Crippen LogP contribution >= 0.6 is 0 Å². The summed E-state index contributed by atoms with van der Waals surface area (Å²) in [5.74, 6) is 0.468. The van der Waals surface area contributed by atoms with Crippen LogP contribution in [0.4, 0.5) is 0 Å². The Morgan fingerprint density at radius 3 is 2.57 bits per heavy atom. The molecule has 1 fully saturated rings. The molecule has 128 valence electrons. The van der Waals surface area contributed by atoms with Crippen molar-refractivity contribution in [3.63, 3.8) is 0 Å². The van der Waals surface area contributed by atoms with Gasteiger partial charge in [-0.1, -0.05) is 32.9 Å². The van der Waals surface area contributed by atoms with E-state index in [4.69, 9.17) is 0 Å². The van der Waals surface area contributed by atoms with Gasteiger partial charge in [0.05, 0.1) is 6.04 Å². The maximum absolute atomic E-state index is 12.7. The highest BCUT2D eigenvalue weighted by Crippen LogP contribution is 2.31. The third-order valence-corrected chi connectivity index (χ3v) is 4.38. The first-order valence-corrected chi connectivity index (χ1v) is 8.32. The summed E-state index contributed by atoms with van der Waals surface area (Å²) in [6, 6.07) is 5.42. The first-order valence-electron chi connectivity index (χ1n) is 8.32. The first kappa shape index (κ1) is 17.8. The van der Waals surface area contributed by atoms with Crippen molar-refractivity contribution in [2.75, 3.05) is 33.2 Å². The molecule has 0 spiro atoms. The summed E-state index contributed by atoms with van der Waals surface area (Å²) in [6.45, 7) is 9.47. The monoisotopic (exact) mass is 319 g/mol. The Bertz CT molecular complexity index is 546. The van der Waals surface area contributed by atoms with Crippen molar-refractivity contribution >= 4 is 5.91 Å². The van der Waals surface area contributed by atoms with Crippen LogP contribution in [0, 0.1) is 0 Å². The normalized spacial score (nSPS) is 17.1. The number of phenolic OH excluding ortho intramolecular Hbond substituents is 1. The SMILES string of the molecule is CN[C@@H](Cc1ccc(O)c(C(C)(C)C)c1)C(=O)N1CCNCC1. The Kier molecular flexibility index (Phi) is 5.65. The second kappa shape index (κ2) is 7.32. The lowest BCUT2D eigenvalue weighted by Crippen LogP contribution is -2.53. The van der Waals surface area contributed by atoms with Crippen molar-refractivity contribution in [2.24, 2.45) is 0 Å². The van der Waals surface area contributed by atoms with Gasteiger partial charge in [0.2, 0.25) is 5.91 Å². The summed E-state index contributed by atoms with van der Waals surface area (Å²) >= 11 is 0. The molecule has 0 bridgehead atoms. The van der Waals surface area contributed by atoms with Crippen molar-refractivity contribution in [1.82, 2.24) is 15.5 Å². The predicted octanol–water partition coefficient (Wildman–Crippen LogP) is 1.25. The Hall–Kier alpha value is -1.59. The van der Waals surface area contributed by atoms with Gasteiger partial charge < -0.3 is 20.6 Å². The van der Waals surface area contributed by atoms with E-state index in [9.17, 15) is 9.90 Å². The lowest BCUT2D eigenvalue weighted by molar-refractivity contribution is -0.133. The molecule has 0 radical (unpaired) electrons. The second-order valence-corrected chi connectivity index (χ2v) is 7.22. The van der Waals surface area contributed by atoms with Gasteiger partial charge in [0.1, 0.15) is 5.75 Å². The Labute approximate surface area is 139 Å². The number of rotatable bonds is 4. The molecule has 1 aromatic rings. The van der Waals surface area contributed by atoms with Gasteiger partial charge >= 0.3 is 0 Å². The van der Waals surface area contributed by atoms with Crippen molar-refractivity contribution in [3.8, 4) is 5.75 Å². The van der Waals surface area contributed by atoms with Gasteiger partial charge in [0.15, 0.2) is 0 Å². The van der Waals surface area contributed by atoms with Crippen LogP contribution in [-0.2, 0) is 16.6 Å². The number of piperazine rings is 1. The van der Waals surface area contributed by atoms with E-state index in [1.807, 2.05) is 24.1 Å². The molecule has 0 saturated carbocycles. The van der Waals surface area contributed by atoms with Crippen LogP contribution in [0.25, 0.3) is 0 Å². The van der Waals surface area contributed by atoms with Gasteiger partial charge in [-0.15, -0.1) is 0 Å². The summed E-state index contributed by atoms with van der Waals surface area (Å²) in [6.07, 6.45) is 0.628. The van der Waals surface area contributed by atoms with E-state index in [0.717, 1.165) is 37.3 Å². The van der Waals surface area contributed by atoms with Crippen LogP contribution in [-0.4, -0.2) is 55.2 Å². The van der Waals surface area contributed by atoms with E-state index >= 15 is 0 Å². The molecule has 0 aromatic heterocycles. The number of nitrogens with zero attached hydrogens (tertiary/aromatic N) is 1. The number of nitrogens with one attached hydrogen (secondary N) is 2. The number of hydrogen-bond acceptors (Lipinski definition) is 4. The van der Waals surface area contributed by atoms with Gasteiger partial charge in [-0.25, -0.2) is 0 Å². The first-order chi connectivity index (χ1) is 10.8. The zero-order chi connectivity index (χ0) is 17.0. The molecule has 0 aliphatic carbocycles. The van der Waals surface area contributed by atoms with Crippen molar-refractivity contribution in [3.05, 3.63) is 29.3 Å². The van der Waals surface area contributed by atoms with Gasteiger partial charge in [0, 0.05) is 26.2 Å². The highest BCUT2D eigenvalue weighted by molar-refractivity contribution is 5.82. The molecule has 1 aliphatic rings. The molecular weight excluding hydrogens is 290 g/mol. The number of phenols is 1. The van der Waals surface area contributed by atoms with E-state index in [2.05, 4.69) is 31.4 Å². The number of carbonyl (C=O) groups is 1. The fourth-order valence-corrected chi connectivity index (χ4v) is 2.97. The largest absolute Gasteiger partial charge is 0.508 e. The number of likely N-dealkylation sites (N-methyl/N-ethyl adjacent to an activating group) is 1. The van der Waals surface area contributed by atoms with Crippen LogP contribution in [0.1, 0.15) is 31.9 Å². The topological polar surface area (TPSA) is 64.6 Å². The maximum atomic E-state index is 12.7. The van der Waals surface area contributed by atoms with Crippen molar-refractivity contribution < 1.29 is 9.90 Å². The van der Waals surface area contributed by atoms with E-state index in [1.54, 1.807) is 6.07 Å². The number of carbonyl (C=O) groups excluding carboxylic acids is 1. The van der Waals surface area contributed by atoms with Crippen LogP contribution < -0.4 is 10.6 Å². The standard InChI is InChI=1S/C18H29N3O2/c1-18(2,3)14-11-13(5-6-16(14)22)12-15(19-4)17(23)21-9-7-20-8-10-21/h5-6,11,15,19-20,22H,7-10,12H2,1-4H3/t15-/m0/s1. The third kappa shape index (κ3) is 4.45. The fraction of sp³-hybridized carbons (Fsp3) is 0.611. The van der Waals surface area contributed by atoms with Gasteiger partial charge in [-0.2, -0.15) is 0 Å². The van der Waals surface area contributed by atoms with Crippen LogP contribution in [0.5, 0.6) is 5.75 Å². The highest BCUT2D eigenvalue weighted by Gasteiger charge is 2.25. The summed E-state index contributed by atoms with van der Waals surface area (Å²) in [4.78, 5) is 14.6. The number of amides is 1. The lowest BCUT2D eigenvalue weighted by Gasteiger charge is -2.31. The zero-order valence-electron chi connectivity index (χ0n) is 14.6. The molecule has 5 heteroatoms. The molecule has 1 aliphatic heterocycles. The van der Waals surface area contributed by atoms with Crippen molar-refractivity contribution in [2.45, 2.75) is 38.6 Å². The molecular formula is C18H29N3O2. The molecule has 1 atom stereocenters. The quantitative estimate of drug-likeness (QED) is 0.782. The van der Waals surface area contributed by atoms with Crippen LogP contribution in [0.15, 0.2) is 18.2 Å². The van der Waals surface area contributed by atoms with Gasteiger partial charge in [0.25, 0.3) is 0 Å². The molecule has 5 nitrogen and oxygen atoms in total. The molecule has 0 unspecified atom stereocenters. The molecule has 1 heterocycles. The third-order valence-electron chi connectivity index (χ3n) is 4.38. The molecule has 1 saturated heterocycles. The summed E-state index contributed by atoms with van der Waals surface area (Å²) < 4.78 is 0. The maximum Gasteiger partial charge on any atom is 0.240 e. The molecule has 3 N–H and O–H groups in total. The minimum atomic E-state index is -0.231. The molecule has 1 amide bonds. The summed E-state index contributed by atoms with van der Waals surface area (Å²) in [5, 5.41) is 16.5. The number of hydrogen-bond donors (Lipinski definition) is 3. The van der Waals surface area contributed by atoms with E-state index in [1.165, 1.54) is 0 Å². The van der Waals surface area contributed by atoms with Gasteiger partial charge in [-0.05, 0) is 36.1 Å². The van der Waals surface area contributed by atoms with Gasteiger partial charge in [-0.3, -0.25) is 4.79 Å². The highest BCUT2D eigenvalue weighted by atomic mass is 16.3. The summed E-state index contributed by atoms with van der Waals surface area (Å²) in [7, 11) is 1.83. The average molecular weight is 319 g/mol. The zero-order valence-corrected chi connectivity index (χ0v) is 14.6. The fourth-order valence-electron chi connectivity index (χ4n) is 2.97. The number of benzene rings is 1. The van der Waals surface area contributed by atoms with E-state index in [0.29, 0.717) is 12.2 Å². The van der Waals surface area contributed by atoms with Crippen LogP contribution in [0.2, 0.25) is 0 Å². The Morgan fingerprint density at radius 1 is 1.35 bits per heavy atom. The van der Waals surface area contributed by atoms with E-state index < -0.39 is 0 Å². The minimum absolute atomic E-state index is 0.127. The smallest absolute Gasteiger partial charge is 0.240 e. The second-order valence-electron chi connectivity index (χ2n) is 7.22. The predicted molar refractivity (Wildman–Crippen MR) is 92.8 cm³/mol. The minimum Gasteiger partial charge on any atom is -0.508 e. The van der Waals surface area contributed by atoms with Crippen molar-refractivity contribution in [1.29, 1.82) is 0 Å². The molecule has 2 rings (SSSR count). The molecule has 1 aromatic carbocycles. The molecule has 23 heavy (non-hydrogen) atoms. The number of aromatic hydroxyl groups is 1. The Morgan fingerprint density at radius 2 is 2.00 bits per heavy atom. The summed E-state index contributed by atoms with van der Waals surface area (Å²) in [5.41, 5.74) is 1.85.